The normalized spacial score (nSPS) is 56.5. The Labute approximate surface area is 229 Å². The molecule has 6 saturated carbocycles. The SMILES string of the molecule is C=C(C)C(=O)OC[C@@]12OC[C@H]3OC4(O[C@H]3[C@@H]1OC1(O2)C2CC3CC1CC(O)(C3)C2)C(CO)CC1CCCC4C1. The lowest BCUT2D eigenvalue weighted by Gasteiger charge is -2.61. The number of aliphatic hydroxyl groups is 2. The summed E-state index contributed by atoms with van der Waals surface area (Å²) in [5, 5.41) is 21.7. The van der Waals surface area contributed by atoms with Crippen LogP contribution in [0.1, 0.15) is 71.1 Å². The number of rotatable bonds is 4. The molecule has 6 bridgehead atoms. The van der Waals surface area contributed by atoms with E-state index < -0.39 is 41.1 Å². The molecule has 9 rings (SSSR count). The molecule has 0 aromatic rings. The van der Waals surface area contributed by atoms with Crippen molar-refractivity contribution in [1.82, 2.24) is 0 Å². The molecular formula is C30H42O9. The first-order valence-electron chi connectivity index (χ1n) is 15.2. The Morgan fingerprint density at radius 3 is 2.46 bits per heavy atom. The molecule has 9 aliphatic rings. The van der Waals surface area contributed by atoms with E-state index in [4.69, 9.17) is 28.4 Å². The highest BCUT2D eigenvalue weighted by Gasteiger charge is 2.76. The average Bonchev–Trinajstić information content (AvgIpc) is 3.46. The summed E-state index contributed by atoms with van der Waals surface area (Å²) in [5.41, 5.74) is -0.350. The van der Waals surface area contributed by atoms with Crippen LogP contribution in [0.2, 0.25) is 0 Å². The smallest absolute Gasteiger partial charge is 0.333 e. The zero-order valence-electron chi connectivity index (χ0n) is 22.8. The Morgan fingerprint density at radius 1 is 0.974 bits per heavy atom. The van der Waals surface area contributed by atoms with E-state index in [1.54, 1.807) is 6.92 Å². The number of carbonyl (C=O) groups excluding carboxylic acids is 1. The zero-order valence-corrected chi connectivity index (χ0v) is 22.8. The van der Waals surface area contributed by atoms with E-state index in [1.165, 1.54) is 6.42 Å². The lowest BCUT2D eigenvalue weighted by Crippen LogP contribution is -2.64. The third-order valence-electron chi connectivity index (χ3n) is 11.7. The maximum atomic E-state index is 12.5. The van der Waals surface area contributed by atoms with Crippen LogP contribution in [0.5, 0.6) is 0 Å². The Balaban J connectivity index is 1.15. The number of esters is 1. The van der Waals surface area contributed by atoms with Crippen LogP contribution in [0.3, 0.4) is 0 Å². The van der Waals surface area contributed by atoms with Gasteiger partial charge in [0.15, 0.2) is 11.6 Å². The van der Waals surface area contributed by atoms with Crippen molar-refractivity contribution in [2.45, 2.75) is 112 Å². The third kappa shape index (κ3) is 3.53. The number of ether oxygens (including phenoxy) is 6. The molecule has 216 valence electrons. The van der Waals surface area contributed by atoms with E-state index in [2.05, 4.69) is 6.58 Å². The quantitative estimate of drug-likeness (QED) is 0.406. The van der Waals surface area contributed by atoms with Gasteiger partial charge in [0.1, 0.15) is 24.9 Å². The molecule has 0 radical (unpaired) electrons. The molecule has 10 atom stereocenters. The fourth-order valence-corrected chi connectivity index (χ4v) is 10.3. The molecule has 9 fully saturated rings. The van der Waals surface area contributed by atoms with Gasteiger partial charge in [-0.15, -0.1) is 0 Å². The molecule has 9 heteroatoms. The Hall–Kier alpha value is -1.07. The van der Waals surface area contributed by atoms with Gasteiger partial charge in [0, 0.05) is 29.2 Å². The minimum atomic E-state index is -1.34. The van der Waals surface area contributed by atoms with Crippen LogP contribution >= 0.6 is 0 Å². The van der Waals surface area contributed by atoms with E-state index in [1.807, 2.05) is 0 Å². The second kappa shape index (κ2) is 8.49. The summed E-state index contributed by atoms with van der Waals surface area (Å²) in [7, 11) is 0. The largest absolute Gasteiger partial charge is 0.456 e. The maximum Gasteiger partial charge on any atom is 0.333 e. The van der Waals surface area contributed by atoms with Gasteiger partial charge in [0.2, 0.25) is 5.79 Å². The monoisotopic (exact) mass is 546 g/mol. The number of hydrogen-bond donors (Lipinski definition) is 2. The molecule has 3 heterocycles. The van der Waals surface area contributed by atoms with Gasteiger partial charge in [0.05, 0.1) is 18.8 Å². The fraction of sp³-hybridized carbons (Fsp3) is 0.900. The molecule has 0 aromatic carbocycles. The van der Waals surface area contributed by atoms with Gasteiger partial charge < -0.3 is 38.6 Å². The number of fused-ring (bicyclic) bond motifs is 6. The van der Waals surface area contributed by atoms with E-state index in [9.17, 15) is 15.0 Å². The van der Waals surface area contributed by atoms with Gasteiger partial charge in [-0.05, 0) is 70.1 Å². The Morgan fingerprint density at radius 2 is 1.74 bits per heavy atom. The van der Waals surface area contributed by atoms with Gasteiger partial charge in [-0.3, -0.25) is 0 Å². The van der Waals surface area contributed by atoms with E-state index in [0.29, 0.717) is 30.3 Å². The van der Waals surface area contributed by atoms with Crippen molar-refractivity contribution >= 4 is 5.97 Å². The van der Waals surface area contributed by atoms with Crippen molar-refractivity contribution in [3.63, 3.8) is 0 Å². The fourth-order valence-electron chi connectivity index (χ4n) is 10.3. The van der Waals surface area contributed by atoms with E-state index >= 15 is 0 Å². The standard InChI is InChI=1S/C30H42O9/c1-16(2)26(32)34-15-28-25(38-30(39-28)20-8-18-9-21(30)12-27(33,10-18)11-20)24-23(14-35-28)36-29(37-24)19-5-3-4-17(6-19)7-22(29)13-31/h17-25,31,33H,1,3-15H2,2H3/t17?,18?,19?,20?,21?,22?,23-,24-,25+,27?,28+,29?,30?/m1/s1. The average molecular weight is 547 g/mol. The highest BCUT2D eigenvalue weighted by Crippen LogP contribution is 2.66. The predicted molar refractivity (Wildman–Crippen MR) is 135 cm³/mol. The molecule has 39 heavy (non-hydrogen) atoms. The Kier molecular flexibility index (Phi) is 5.58. The summed E-state index contributed by atoms with van der Waals surface area (Å²) in [4.78, 5) is 12.5. The molecule has 6 aliphatic carbocycles. The summed E-state index contributed by atoms with van der Waals surface area (Å²) < 4.78 is 40.0. The first kappa shape index (κ1) is 25.6. The summed E-state index contributed by atoms with van der Waals surface area (Å²) in [6.07, 6.45) is 7.82. The van der Waals surface area contributed by atoms with Crippen molar-refractivity contribution in [3.8, 4) is 0 Å². The lowest BCUT2D eigenvalue weighted by atomic mass is 9.51. The number of aliphatic hydroxyl groups excluding tert-OH is 1. The molecule has 2 spiro atoms. The van der Waals surface area contributed by atoms with Crippen molar-refractivity contribution in [1.29, 1.82) is 0 Å². The third-order valence-corrected chi connectivity index (χ3v) is 11.7. The number of hydrogen-bond acceptors (Lipinski definition) is 9. The second-order valence-electron chi connectivity index (χ2n) is 14.2. The Bertz CT molecular complexity index is 1040. The summed E-state index contributed by atoms with van der Waals surface area (Å²) in [5.74, 6) is -2.37. The van der Waals surface area contributed by atoms with Gasteiger partial charge >= 0.3 is 5.97 Å². The van der Waals surface area contributed by atoms with E-state index in [-0.39, 0.29) is 49.6 Å². The second-order valence-corrected chi connectivity index (χ2v) is 14.2. The highest BCUT2D eigenvalue weighted by molar-refractivity contribution is 5.86. The van der Waals surface area contributed by atoms with Crippen molar-refractivity contribution in [2.75, 3.05) is 19.8 Å². The lowest BCUT2D eigenvalue weighted by molar-refractivity contribution is -0.357. The minimum absolute atomic E-state index is 0.0186. The molecule has 3 saturated heterocycles. The topological polar surface area (TPSA) is 113 Å². The van der Waals surface area contributed by atoms with Crippen molar-refractivity contribution in [3.05, 3.63) is 12.2 Å². The van der Waals surface area contributed by atoms with E-state index in [0.717, 1.165) is 44.9 Å². The minimum Gasteiger partial charge on any atom is -0.456 e. The first-order valence-corrected chi connectivity index (χ1v) is 15.2. The molecule has 3 aliphatic heterocycles. The molecule has 6 unspecified atom stereocenters. The van der Waals surface area contributed by atoms with Crippen LogP contribution in [-0.2, 0) is 33.2 Å². The van der Waals surface area contributed by atoms with Crippen LogP contribution in [0.4, 0.5) is 0 Å². The molecule has 9 nitrogen and oxygen atoms in total. The predicted octanol–water partition coefficient (Wildman–Crippen LogP) is 2.81. The van der Waals surface area contributed by atoms with Crippen molar-refractivity contribution < 1.29 is 43.4 Å². The van der Waals surface area contributed by atoms with Crippen molar-refractivity contribution in [2.24, 2.45) is 35.5 Å². The molecule has 0 amide bonds. The zero-order chi connectivity index (χ0) is 26.8. The molecular weight excluding hydrogens is 504 g/mol. The van der Waals surface area contributed by atoms with Crippen LogP contribution in [0.15, 0.2) is 12.2 Å². The molecule has 0 aromatic heterocycles. The summed E-state index contributed by atoms with van der Waals surface area (Å²) in [6.45, 7) is 5.46. The molecule has 2 N–H and O–H groups in total. The van der Waals surface area contributed by atoms with Gasteiger partial charge in [-0.2, -0.15) is 0 Å². The van der Waals surface area contributed by atoms with Gasteiger partial charge in [-0.1, -0.05) is 19.4 Å². The van der Waals surface area contributed by atoms with Crippen LogP contribution < -0.4 is 0 Å². The van der Waals surface area contributed by atoms with Crippen LogP contribution in [-0.4, -0.2) is 77.3 Å². The maximum absolute atomic E-state index is 12.5. The van der Waals surface area contributed by atoms with Gasteiger partial charge in [0.25, 0.3) is 0 Å². The first-order chi connectivity index (χ1) is 18.7. The highest BCUT2D eigenvalue weighted by atomic mass is 16.9. The van der Waals surface area contributed by atoms with Crippen LogP contribution in [0.25, 0.3) is 0 Å². The summed E-state index contributed by atoms with van der Waals surface area (Å²) in [6, 6.07) is 0. The van der Waals surface area contributed by atoms with Crippen LogP contribution in [0, 0.1) is 35.5 Å². The summed E-state index contributed by atoms with van der Waals surface area (Å²) >= 11 is 0. The van der Waals surface area contributed by atoms with Gasteiger partial charge in [-0.25, -0.2) is 4.79 Å². The number of carbonyl (C=O) groups is 1.